The second-order valence-corrected chi connectivity index (χ2v) is 4.48. The zero-order valence-corrected chi connectivity index (χ0v) is 10.7. The monoisotopic (exact) mass is 268 g/mol. The second kappa shape index (κ2) is 4.65. The zero-order chi connectivity index (χ0) is 14.1. The Bertz CT molecular complexity index is 848. The molecule has 2 heterocycles. The van der Waals surface area contributed by atoms with Crippen molar-refractivity contribution in [2.75, 3.05) is 5.32 Å². The lowest BCUT2D eigenvalue weighted by Gasteiger charge is -2.06. The van der Waals surface area contributed by atoms with Gasteiger partial charge in [0.2, 0.25) is 0 Å². The molecule has 1 aromatic carbocycles. The molecule has 0 fully saturated rings. The first-order chi connectivity index (χ1) is 9.65. The normalized spacial score (nSPS) is 10.7. The SMILES string of the molecule is Cc1cc(=O)c(C(=O)Nc2cccc3[nH]ncc23)c[nH]1. The van der Waals surface area contributed by atoms with E-state index in [1.807, 2.05) is 6.07 Å². The molecular weight excluding hydrogens is 256 g/mol. The van der Waals surface area contributed by atoms with E-state index in [2.05, 4.69) is 20.5 Å². The molecule has 1 amide bonds. The van der Waals surface area contributed by atoms with E-state index in [0.717, 1.165) is 10.9 Å². The Morgan fingerprint density at radius 1 is 1.35 bits per heavy atom. The van der Waals surface area contributed by atoms with E-state index in [1.54, 1.807) is 25.3 Å². The molecule has 0 spiro atoms. The van der Waals surface area contributed by atoms with Crippen molar-refractivity contribution >= 4 is 22.5 Å². The molecule has 0 saturated carbocycles. The minimum absolute atomic E-state index is 0.0797. The van der Waals surface area contributed by atoms with Gasteiger partial charge in [0.25, 0.3) is 5.91 Å². The fraction of sp³-hybridized carbons (Fsp3) is 0.0714. The Labute approximate surface area is 113 Å². The van der Waals surface area contributed by atoms with Crippen molar-refractivity contribution in [2.24, 2.45) is 0 Å². The van der Waals surface area contributed by atoms with Crippen LogP contribution < -0.4 is 10.7 Å². The van der Waals surface area contributed by atoms with Gasteiger partial charge in [0.05, 0.1) is 17.4 Å². The average Bonchev–Trinajstić information content (AvgIpc) is 2.87. The summed E-state index contributed by atoms with van der Waals surface area (Å²) in [5.41, 5.74) is 1.92. The van der Waals surface area contributed by atoms with Crippen LogP contribution in [0.25, 0.3) is 10.9 Å². The van der Waals surface area contributed by atoms with Crippen LogP contribution in [-0.4, -0.2) is 21.1 Å². The molecule has 0 saturated heterocycles. The lowest BCUT2D eigenvalue weighted by atomic mass is 10.2. The number of nitrogens with zero attached hydrogens (tertiary/aromatic N) is 1. The molecule has 3 rings (SSSR count). The van der Waals surface area contributed by atoms with Gasteiger partial charge in [0.15, 0.2) is 5.43 Å². The van der Waals surface area contributed by atoms with Gasteiger partial charge in [-0.15, -0.1) is 0 Å². The highest BCUT2D eigenvalue weighted by atomic mass is 16.2. The lowest BCUT2D eigenvalue weighted by Crippen LogP contribution is -2.21. The molecule has 2 aromatic heterocycles. The van der Waals surface area contributed by atoms with Crippen molar-refractivity contribution in [3.8, 4) is 0 Å². The van der Waals surface area contributed by atoms with Crippen molar-refractivity contribution < 1.29 is 4.79 Å². The quantitative estimate of drug-likeness (QED) is 0.662. The molecule has 3 N–H and O–H groups in total. The van der Waals surface area contributed by atoms with Gasteiger partial charge in [0.1, 0.15) is 5.56 Å². The number of carbonyl (C=O) groups excluding carboxylic acids is 1. The summed E-state index contributed by atoms with van der Waals surface area (Å²) in [7, 11) is 0. The number of fused-ring (bicyclic) bond motifs is 1. The molecule has 0 aliphatic heterocycles. The van der Waals surface area contributed by atoms with Gasteiger partial charge in [-0.1, -0.05) is 6.07 Å². The van der Waals surface area contributed by atoms with Gasteiger partial charge in [-0.3, -0.25) is 14.7 Å². The molecule has 20 heavy (non-hydrogen) atoms. The van der Waals surface area contributed by atoms with Gasteiger partial charge in [-0.05, 0) is 19.1 Å². The Kier molecular flexibility index (Phi) is 2.83. The topological polar surface area (TPSA) is 90.6 Å². The molecule has 0 aliphatic carbocycles. The minimum atomic E-state index is -0.444. The molecular formula is C14H12N4O2. The summed E-state index contributed by atoms with van der Waals surface area (Å²) in [4.78, 5) is 26.8. The van der Waals surface area contributed by atoms with Crippen LogP contribution in [-0.2, 0) is 0 Å². The third-order valence-electron chi connectivity index (χ3n) is 3.03. The Morgan fingerprint density at radius 2 is 2.20 bits per heavy atom. The first-order valence-corrected chi connectivity index (χ1v) is 6.08. The first kappa shape index (κ1) is 12.2. The molecule has 3 aromatic rings. The van der Waals surface area contributed by atoms with Crippen LogP contribution in [0.3, 0.4) is 0 Å². The van der Waals surface area contributed by atoms with Gasteiger partial charge < -0.3 is 10.3 Å². The Hall–Kier alpha value is -2.89. The summed E-state index contributed by atoms with van der Waals surface area (Å²) in [6.07, 6.45) is 3.05. The number of hydrogen-bond donors (Lipinski definition) is 3. The van der Waals surface area contributed by atoms with Crippen LogP contribution in [0.15, 0.2) is 41.5 Å². The van der Waals surface area contributed by atoms with Crippen LogP contribution >= 0.6 is 0 Å². The third-order valence-corrected chi connectivity index (χ3v) is 3.03. The van der Waals surface area contributed by atoms with E-state index >= 15 is 0 Å². The number of carbonyl (C=O) groups is 1. The Morgan fingerprint density at radius 3 is 3.00 bits per heavy atom. The average molecular weight is 268 g/mol. The molecule has 6 nitrogen and oxygen atoms in total. The first-order valence-electron chi connectivity index (χ1n) is 6.08. The number of H-pyrrole nitrogens is 2. The maximum absolute atomic E-state index is 12.2. The predicted octanol–water partition coefficient (Wildman–Crippen LogP) is 1.81. The molecule has 0 bridgehead atoms. The summed E-state index contributed by atoms with van der Waals surface area (Å²) >= 11 is 0. The number of anilines is 1. The standard InChI is InChI=1S/C14H12N4O2/c1-8-5-13(19)10(6-15-8)14(20)17-11-3-2-4-12-9(11)7-16-18-12/h2-7H,1H3,(H,15,19)(H,16,18)(H,17,20). The van der Waals surface area contributed by atoms with Crippen LogP contribution in [0.1, 0.15) is 16.1 Å². The van der Waals surface area contributed by atoms with E-state index in [4.69, 9.17) is 0 Å². The summed E-state index contributed by atoms with van der Waals surface area (Å²) in [5.74, 6) is -0.444. The number of aromatic nitrogens is 3. The van der Waals surface area contributed by atoms with E-state index < -0.39 is 5.91 Å². The smallest absolute Gasteiger partial charge is 0.261 e. The number of hydrogen-bond acceptors (Lipinski definition) is 3. The van der Waals surface area contributed by atoms with Crippen molar-refractivity contribution in [2.45, 2.75) is 6.92 Å². The second-order valence-electron chi connectivity index (χ2n) is 4.48. The van der Waals surface area contributed by atoms with Crippen LogP contribution in [0.4, 0.5) is 5.69 Å². The maximum Gasteiger partial charge on any atom is 0.261 e. The van der Waals surface area contributed by atoms with E-state index in [0.29, 0.717) is 11.4 Å². The highest BCUT2D eigenvalue weighted by Gasteiger charge is 2.12. The van der Waals surface area contributed by atoms with Gasteiger partial charge in [-0.25, -0.2) is 0 Å². The Balaban J connectivity index is 1.96. The number of rotatable bonds is 2. The predicted molar refractivity (Wildman–Crippen MR) is 75.8 cm³/mol. The van der Waals surface area contributed by atoms with Crippen molar-refractivity contribution in [3.63, 3.8) is 0 Å². The number of aromatic amines is 2. The van der Waals surface area contributed by atoms with Gasteiger partial charge in [0, 0.05) is 23.3 Å². The molecule has 100 valence electrons. The largest absolute Gasteiger partial charge is 0.364 e. The zero-order valence-electron chi connectivity index (χ0n) is 10.7. The summed E-state index contributed by atoms with van der Waals surface area (Å²) in [5, 5.41) is 10.3. The highest BCUT2D eigenvalue weighted by Crippen LogP contribution is 2.21. The molecule has 0 radical (unpaired) electrons. The van der Waals surface area contributed by atoms with Crippen molar-refractivity contribution in [3.05, 3.63) is 58.1 Å². The van der Waals surface area contributed by atoms with Gasteiger partial charge >= 0.3 is 0 Å². The maximum atomic E-state index is 12.2. The van der Waals surface area contributed by atoms with E-state index in [1.165, 1.54) is 12.3 Å². The van der Waals surface area contributed by atoms with Crippen LogP contribution in [0.2, 0.25) is 0 Å². The fourth-order valence-corrected chi connectivity index (χ4v) is 2.02. The summed E-state index contributed by atoms with van der Waals surface area (Å²) < 4.78 is 0. The van der Waals surface area contributed by atoms with E-state index in [-0.39, 0.29) is 11.0 Å². The number of amides is 1. The number of pyridine rings is 1. The number of nitrogens with one attached hydrogen (secondary N) is 3. The number of aryl methyl sites for hydroxylation is 1. The molecule has 6 heteroatoms. The minimum Gasteiger partial charge on any atom is -0.364 e. The fourth-order valence-electron chi connectivity index (χ4n) is 2.02. The summed E-state index contributed by atoms with van der Waals surface area (Å²) in [6.45, 7) is 1.76. The lowest BCUT2D eigenvalue weighted by molar-refractivity contribution is 0.102. The van der Waals surface area contributed by atoms with Crippen LogP contribution in [0, 0.1) is 6.92 Å². The number of benzene rings is 1. The third kappa shape index (κ3) is 2.07. The van der Waals surface area contributed by atoms with E-state index in [9.17, 15) is 9.59 Å². The molecule has 0 aliphatic rings. The summed E-state index contributed by atoms with van der Waals surface area (Å²) in [6, 6.07) is 6.82. The van der Waals surface area contributed by atoms with Crippen molar-refractivity contribution in [1.82, 2.24) is 15.2 Å². The van der Waals surface area contributed by atoms with Gasteiger partial charge in [-0.2, -0.15) is 5.10 Å². The molecule has 0 atom stereocenters. The highest BCUT2D eigenvalue weighted by molar-refractivity contribution is 6.08. The van der Waals surface area contributed by atoms with Crippen LogP contribution in [0.5, 0.6) is 0 Å². The van der Waals surface area contributed by atoms with Crippen molar-refractivity contribution in [1.29, 1.82) is 0 Å². The molecule has 0 unspecified atom stereocenters.